The largest absolute Gasteiger partial charge is 2.00 e. The van der Waals surface area contributed by atoms with E-state index >= 15 is 0 Å². The van der Waals surface area contributed by atoms with Gasteiger partial charge in [-0.25, -0.2) is 15.3 Å². The first-order valence-electron chi connectivity index (χ1n) is 20.0. The van der Waals surface area contributed by atoms with Gasteiger partial charge >= 0.3 is 23.9 Å². The van der Waals surface area contributed by atoms with Gasteiger partial charge in [0, 0.05) is 17.1 Å². The van der Waals surface area contributed by atoms with Crippen LogP contribution in [0.15, 0.2) is 109 Å². The van der Waals surface area contributed by atoms with Crippen LogP contribution < -0.4 is 20.4 Å². The zero-order chi connectivity index (χ0) is 39.3. The van der Waals surface area contributed by atoms with Gasteiger partial charge in [0.1, 0.15) is 0 Å². The van der Waals surface area contributed by atoms with E-state index in [-0.39, 0.29) is 16.8 Å². The summed E-state index contributed by atoms with van der Waals surface area (Å²) in [7, 11) is -4.59. The molecule has 0 aliphatic heterocycles. The van der Waals surface area contributed by atoms with Crippen LogP contribution in [0.25, 0.3) is 0 Å². The van der Waals surface area contributed by atoms with Crippen LogP contribution in [0.1, 0.15) is 153 Å². The summed E-state index contributed by atoms with van der Waals surface area (Å²) < 4.78 is 6.81. The molecule has 3 heterocycles. The Hall–Kier alpha value is -3.96. The molecule has 0 N–H and O–H groups in total. The van der Waals surface area contributed by atoms with Crippen LogP contribution in [-0.2, 0) is 16.8 Å². The van der Waals surface area contributed by atoms with Gasteiger partial charge in [0.25, 0.3) is 0 Å². The molecular weight excluding hydrogens is 738 g/mol. The third-order valence-electron chi connectivity index (χ3n) is 10.4. The standard InChI is InChI=1S/C27H46BN6.C18H15OSi.Co/c1-16(2)22-13-25(19(7)8)32(29-22)28(33-26(20(9)10)14-23(30-33)17(3)4)34-27(21(11)12)15-24(31-34)18(5)6;19-20(16-10-4-1-5-11-16,17-12-6-2-7-13-17)18-14-8-3-9-15-18;/h13-21,28H,1-12H3;1-15H;/q2*-1;+2. The zero-order valence-corrected chi connectivity index (χ0v) is 37.0. The number of nitrogens with zero attached hydrogens (tertiary/aromatic N) is 6. The Labute approximate surface area is 342 Å². The van der Waals surface area contributed by atoms with Crippen LogP contribution in [0, 0.1) is 0 Å². The van der Waals surface area contributed by atoms with E-state index in [0.717, 1.165) is 32.6 Å². The fraction of sp³-hybridized carbons (Fsp3) is 0.400. The molecule has 6 rings (SSSR count). The van der Waals surface area contributed by atoms with Gasteiger partial charge in [0.05, 0.1) is 25.4 Å². The maximum Gasteiger partial charge on any atom is 2.00 e. The van der Waals surface area contributed by atoms with E-state index in [1.165, 1.54) is 17.1 Å². The minimum Gasteiger partial charge on any atom is -0.848 e. The Morgan fingerprint density at radius 2 is 0.655 bits per heavy atom. The molecule has 0 bridgehead atoms. The molecule has 3 aromatic heterocycles. The first-order chi connectivity index (χ1) is 25.6. The molecule has 0 atom stereocenters. The molecule has 6 aromatic rings. The number of benzene rings is 3. The molecule has 0 aliphatic rings. The summed E-state index contributed by atoms with van der Waals surface area (Å²) in [6, 6.07) is 36.1. The molecule has 0 saturated carbocycles. The molecule has 0 aliphatic carbocycles. The number of hydrogen-bond donors (Lipinski definition) is 0. The number of aromatic nitrogens is 6. The predicted molar refractivity (Wildman–Crippen MR) is 229 cm³/mol. The van der Waals surface area contributed by atoms with E-state index in [2.05, 4.69) is 115 Å². The second-order valence-corrected chi connectivity index (χ2v) is 19.7. The molecule has 0 unspecified atom stereocenters. The normalized spacial score (nSPS) is 12.0. The first kappa shape index (κ1) is 43.8. The summed E-state index contributed by atoms with van der Waals surface area (Å²) in [5, 5.41) is 18.4. The van der Waals surface area contributed by atoms with Crippen molar-refractivity contribution in [1.29, 1.82) is 0 Å². The van der Waals surface area contributed by atoms with E-state index in [4.69, 9.17) is 15.3 Å². The van der Waals surface area contributed by atoms with E-state index in [9.17, 15) is 4.80 Å². The van der Waals surface area contributed by atoms with E-state index in [0.29, 0.717) is 35.5 Å². The van der Waals surface area contributed by atoms with Crippen LogP contribution in [0.4, 0.5) is 0 Å². The van der Waals surface area contributed by atoms with E-state index in [1.54, 1.807) is 0 Å². The average molecular weight is 800 g/mol. The average Bonchev–Trinajstić information content (AvgIpc) is 3.92. The molecule has 0 amide bonds. The summed E-state index contributed by atoms with van der Waals surface area (Å²) in [6.07, 6.45) is 0. The van der Waals surface area contributed by atoms with Crippen LogP contribution in [-0.4, -0.2) is 44.5 Å². The van der Waals surface area contributed by atoms with Crippen molar-refractivity contribution in [1.82, 2.24) is 29.1 Å². The van der Waals surface area contributed by atoms with Crippen molar-refractivity contribution < 1.29 is 21.6 Å². The molecule has 0 saturated heterocycles. The third-order valence-corrected chi connectivity index (χ3v) is 13.8. The van der Waals surface area contributed by atoms with Crippen molar-refractivity contribution in [2.75, 3.05) is 0 Å². The fourth-order valence-corrected chi connectivity index (χ4v) is 10.2. The maximum absolute atomic E-state index is 13.8. The Bertz CT molecular complexity index is 1840. The summed E-state index contributed by atoms with van der Waals surface area (Å²) in [4.78, 5) is 13.8. The van der Waals surface area contributed by atoms with Crippen molar-refractivity contribution in [3.05, 3.63) is 143 Å². The second-order valence-electron chi connectivity index (χ2n) is 16.6. The van der Waals surface area contributed by atoms with Gasteiger partial charge in [-0.05, 0) is 53.7 Å². The van der Waals surface area contributed by atoms with Crippen molar-refractivity contribution in [2.24, 2.45) is 0 Å². The van der Waals surface area contributed by atoms with E-state index < -0.39 is 15.4 Å². The van der Waals surface area contributed by atoms with E-state index in [1.807, 2.05) is 91.0 Å². The van der Waals surface area contributed by atoms with Gasteiger partial charge in [-0.3, -0.25) is 0 Å². The minimum absolute atomic E-state index is 0. The quantitative estimate of drug-likeness (QED) is 0.0941. The van der Waals surface area contributed by atoms with Gasteiger partial charge in [-0.2, -0.15) is 0 Å². The number of rotatable bonds is 12. The summed E-state index contributed by atoms with van der Waals surface area (Å²) in [6.45, 7) is 26.8. The second kappa shape index (κ2) is 18.8. The van der Waals surface area contributed by atoms with Crippen molar-refractivity contribution in [3.8, 4) is 0 Å². The van der Waals surface area contributed by atoms with Crippen molar-refractivity contribution in [3.63, 3.8) is 0 Å². The SMILES string of the molecule is CC(C)c1cc(C(C)C)n([BH-](n2nc(C(C)C)cc2C(C)C)n2nc(C(C)C)cc2C(C)C)n1.[Co+2].[O-][Si](c1ccccc1)(c1ccccc1)c1ccccc1. The zero-order valence-electron chi connectivity index (χ0n) is 35.0. The van der Waals surface area contributed by atoms with Gasteiger partial charge in [-0.15, -0.1) is 0 Å². The molecule has 3 aromatic carbocycles. The smallest absolute Gasteiger partial charge is 0.848 e. The molecule has 0 spiro atoms. The van der Waals surface area contributed by atoms with Crippen molar-refractivity contribution in [2.45, 2.75) is 119 Å². The summed E-state index contributed by atoms with van der Waals surface area (Å²) in [5.74, 6) is 2.13. The predicted octanol–water partition coefficient (Wildman–Crippen LogP) is 7.69. The maximum atomic E-state index is 13.8. The molecule has 293 valence electrons. The Morgan fingerprint density at radius 3 is 0.855 bits per heavy atom. The van der Waals surface area contributed by atoms with Crippen LogP contribution >= 0.6 is 0 Å². The molecule has 0 fully saturated rings. The Kier molecular flexibility index (Phi) is 14.9. The number of hydrogen-bond acceptors (Lipinski definition) is 4. The molecule has 55 heavy (non-hydrogen) atoms. The summed E-state index contributed by atoms with van der Waals surface area (Å²) >= 11 is 0. The monoisotopic (exact) mass is 799 g/mol. The molecule has 1 radical (unpaired) electrons. The summed E-state index contributed by atoms with van der Waals surface area (Å²) in [5.41, 5.74) is 7.13. The van der Waals surface area contributed by atoms with Gasteiger partial charge in [0.2, 0.25) is 0 Å². The van der Waals surface area contributed by atoms with Gasteiger partial charge in [-0.1, -0.05) is 190 Å². The Morgan fingerprint density at radius 1 is 0.418 bits per heavy atom. The van der Waals surface area contributed by atoms with Gasteiger partial charge in [0.15, 0.2) is 0 Å². The molecule has 10 heteroatoms. The van der Waals surface area contributed by atoms with Crippen molar-refractivity contribution >= 4 is 31.0 Å². The third kappa shape index (κ3) is 9.54. The molecule has 7 nitrogen and oxygen atoms in total. The minimum atomic E-state index is -3.13. The first-order valence-corrected chi connectivity index (χ1v) is 21.9. The topological polar surface area (TPSA) is 76.5 Å². The van der Waals surface area contributed by atoms with Crippen LogP contribution in [0.2, 0.25) is 0 Å². The van der Waals surface area contributed by atoms with Crippen LogP contribution in [0.3, 0.4) is 0 Å². The molecular formula is C45H61BCoN6OSi. The fourth-order valence-electron chi connectivity index (χ4n) is 7.18. The Balaban J connectivity index is 0.000000272. The van der Waals surface area contributed by atoms with Gasteiger partial charge < -0.3 is 18.6 Å². The van der Waals surface area contributed by atoms with Crippen LogP contribution in [0.5, 0.6) is 0 Å².